The van der Waals surface area contributed by atoms with Crippen LogP contribution in [-0.2, 0) is 26.2 Å². The second-order valence-corrected chi connectivity index (χ2v) is 12.1. The summed E-state index contributed by atoms with van der Waals surface area (Å²) < 4.78 is 29.5. The minimum absolute atomic E-state index is 0.0792. The molecule has 1 atom stereocenters. The maximum absolute atomic E-state index is 14.1. The third kappa shape index (κ3) is 7.92. The molecule has 0 saturated carbocycles. The molecule has 3 rings (SSSR count). The number of nitrogens with zero attached hydrogens (tertiary/aromatic N) is 2. The van der Waals surface area contributed by atoms with E-state index in [1.807, 2.05) is 45.0 Å². The van der Waals surface area contributed by atoms with Crippen LogP contribution in [0.5, 0.6) is 0 Å². The molecule has 9 heteroatoms. The van der Waals surface area contributed by atoms with Crippen LogP contribution in [0.2, 0.25) is 0 Å². The Morgan fingerprint density at radius 3 is 2.18 bits per heavy atom. The molecule has 1 N–H and O–H groups in total. The molecule has 3 aromatic carbocycles. The van der Waals surface area contributed by atoms with E-state index in [0.29, 0.717) is 18.7 Å². The molecule has 0 saturated heterocycles. The van der Waals surface area contributed by atoms with Crippen LogP contribution in [0.4, 0.5) is 5.69 Å². The Kier molecular flexibility index (Phi) is 11.1. The van der Waals surface area contributed by atoms with Crippen LogP contribution in [0.3, 0.4) is 0 Å². The molecule has 0 aliphatic rings. The fraction of sp³-hybridized carbons (Fsp3) is 0.333. The van der Waals surface area contributed by atoms with Crippen molar-refractivity contribution in [3.8, 4) is 0 Å². The fourth-order valence-electron chi connectivity index (χ4n) is 4.25. The highest BCUT2D eigenvalue weighted by molar-refractivity contribution is 9.10. The summed E-state index contributed by atoms with van der Waals surface area (Å²) in [6.07, 6.45) is 2.16. The van der Waals surface area contributed by atoms with Gasteiger partial charge in [0.05, 0.1) is 10.6 Å². The number of hydrogen-bond acceptors (Lipinski definition) is 4. The van der Waals surface area contributed by atoms with Crippen molar-refractivity contribution in [2.24, 2.45) is 0 Å². The number of carbonyl (C=O) groups is 2. The number of nitrogens with one attached hydrogen (secondary N) is 1. The maximum Gasteiger partial charge on any atom is 0.264 e. The fourth-order valence-corrected chi connectivity index (χ4v) is 5.95. The summed E-state index contributed by atoms with van der Waals surface area (Å²) in [7, 11) is -4.08. The first kappa shape index (κ1) is 30.4. The van der Waals surface area contributed by atoms with Gasteiger partial charge in [-0.2, -0.15) is 0 Å². The van der Waals surface area contributed by atoms with Crippen LogP contribution < -0.4 is 9.62 Å². The summed E-state index contributed by atoms with van der Waals surface area (Å²) >= 11 is 3.39. The van der Waals surface area contributed by atoms with Crippen LogP contribution in [-0.4, -0.2) is 44.3 Å². The SMILES string of the molecule is CCCCNC(=O)[C@@H](CC)N(Cc1ccccc1C)C(=O)CN(c1ccc(Br)cc1)S(=O)(=O)c1ccccc1. The van der Waals surface area contributed by atoms with Gasteiger partial charge in [-0.15, -0.1) is 0 Å². The first-order chi connectivity index (χ1) is 18.7. The molecule has 0 heterocycles. The Labute approximate surface area is 240 Å². The molecule has 7 nitrogen and oxygen atoms in total. The standard InChI is InChI=1S/C30H36BrN3O4S/c1-4-6-20-32-30(36)28(5-2)33(21-24-13-11-10-12-23(24)3)29(35)22-34(26-18-16-25(31)17-19-26)39(37,38)27-14-8-7-9-15-27/h7-19,28H,4-6,20-22H2,1-3H3,(H,32,36)/t28-/m1/s1. The zero-order chi connectivity index (χ0) is 28.4. The number of halogens is 1. The van der Waals surface area contributed by atoms with Crippen molar-refractivity contribution in [3.63, 3.8) is 0 Å². The topological polar surface area (TPSA) is 86.8 Å². The smallest absolute Gasteiger partial charge is 0.264 e. The quantitative estimate of drug-likeness (QED) is 0.251. The Hall–Kier alpha value is -3.17. The lowest BCUT2D eigenvalue weighted by molar-refractivity contribution is -0.140. The molecule has 3 aromatic rings. The molecular weight excluding hydrogens is 578 g/mol. The number of unbranched alkanes of at least 4 members (excludes halogenated alkanes) is 1. The van der Waals surface area contributed by atoms with Crippen LogP contribution >= 0.6 is 15.9 Å². The molecule has 208 valence electrons. The predicted octanol–water partition coefficient (Wildman–Crippen LogP) is 5.68. The van der Waals surface area contributed by atoms with Gasteiger partial charge < -0.3 is 10.2 Å². The largest absolute Gasteiger partial charge is 0.354 e. The van der Waals surface area contributed by atoms with Crippen LogP contribution in [0.1, 0.15) is 44.2 Å². The number of rotatable bonds is 13. The number of anilines is 1. The van der Waals surface area contributed by atoms with E-state index in [9.17, 15) is 18.0 Å². The van der Waals surface area contributed by atoms with E-state index in [2.05, 4.69) is 21.2 Å². The molecule has 0 fully saturated rings. The molecule has 39 heavy (non-hydrogen) atoms. The lowest BCUT2D eigenvalue weighted by Gasteiger charge is -2.33. The number of benzene rings is 3. The van der Waals surface area contributed by atoms with Gasteiger partial charge in [0.1, 0.15) is 12.6 Å². The lowest BCUT2D eigenvalue weighted by Crippen LogP contribution is -2.52. The van der Waals surface area contributed by atoms with E-state index in [-0.39, 0.29) is 17.3 Å². The van der Waals surface area contributed by atoms with Crippen molar-refractivity contribution in [1.82, 2.24) is 10.2 Å². The van der Waals surface area contributed by atoms with E-state index >= 15 is 0 Å². The zero-order valence-electron chi connectivity index (χ0n) is 22.6. The Bertz CT molecular complexity index is 1350. The average Bonchev–Trinajstić information content (AvgIpc) is 2.93. The van der Waals surface area contributed by atoms with Crippen molar-refractivity contribution in [2.45, 2.75) is 57.5 Å². The Balaban J connectivity index is 2.02. The molecule has 0 radical (unpaired) electrons. The minimum atomic E-state index is -4.08. The van der Waals surface area contributed by atoms with E-state index in [0.717, 1.165) is 32.7 Å². The summed E-state index contributed by atoms with van der Waals surface area (Å²) in [6, 6.07) is 21.7. The van der Waals surface area contributed by atoms with E-state index < -0.39 is 28.5 Å². The molecule has 0 aliphatic carbocycles. The van der Waals surface area contributed by atoms with Gasteiger partial charge >= 0.3 is 0 Å². The van der Waals surface area contributed by atoms with Crippen molar-refractivity contribution in [2.75, 3.05) is 17.4 Å². The summed E-state index contributed by atoms with van der Waals surface area (Å²) in [5.74, 6) is -0.702. The number of amides is 2. The van der Waals surface area contributed by atoms with Gasteiger partial charge in [-0.3, -0.25) is 13.9 Å². The van der Waals surface area contributed by atoms with Gasteiger partial charge in [0.25, 0.3) is 10.0 Å². The number of aryl methyl sites for hydroxylation is 1. The predicted molar refractivity (Wildman–Crippen MR) is 159 cm³/mol. The van der Waals surface area contributed by atoms with E-state index in [1.54, 1.807) is 42.5 Å². The highest BCUT2D eigenvalue weighted by Gasteiger charge is 2.33. The first-order valence-corrected chi connectivity index (χ1v) is 15.4. The normalized spacial score (nSPS) is 12.0. The number of sulfonamides is 1. The average molecular weight is 615 g/mol. The summed E-state index contributed by atoms with van der Waals surface area (Å²) in [5.41, 5.74) is 2.23. The van der Waals surface area contributed by atoms with Gasteiger partial charge in [-0.1, -0.05) is 78.7 Å². The lowest BCUT2D eigenvalue weighted by atomic mass is 10.1. The van der Waals surface area contributed by atoms with Crippen LogP contribution in [0, 0.1) is 6.92 Å². The van der Waals surface area contributed by atoms with Crippen LogP contribution in [0.15, 0.2) is 88.2 Å². The van der Waals surface area contributed by atoms with Crippen molar-refractivity contribution in [3.05, 3.63) is 94.5 Å². The minimum Gasteiger partial charge on any atom is -0.354 e. The first-order valence-electron chi connectivity index (χ1n) is 13.1. The van der Waals surface area contributed by atoms with Crippen molar-refractivity contribution in [1.29, 1.82) is 0 Å². The molecule has 2 amide bonds. The monoisotopic (exact) mass is 613 g/mol. The highest BCUT2D eigenvalue weighted by Crippen LogP contribution is 2.26. The van der Waals surface area contributed by atoms with Gasteiger partial charge in [-0.25, -0.2) is 8.42 Å². The van der Waals surface area contributed by atoms with Gasteiger partial charge in [0.15, 0.2) is 0 Å². The third-order valence-electron chi connectivity index (χ3n) is 6.54. The van der Waals surface area contributed by atoms with Crippen molar-refractivity contribution < 1.29 is 18.0 Å². The Morgan fingerprint density at radius 1 is 0.923 bits per heavy atom. The second-order valence-electron chi connectivity index (χ2n) is 9.32. The van der Waals surface area contributed by atoms with Crippen molar-refractivity contribution >= 4 is 43.5 Å². The van der Waals surface area contributed by atoms with Crippen LogP contribution in [0.25, 0.3) is 0 Å². The van der Waals surface area contributed by atoms with E-state index in [4.69, 9.17) is 0 Å². The van der Waals surface area contributed by atoms with Gasteiger partial charge in [0, 0.05) is 17.6 Å². The second kappa shape index (κ2) is 14.3. The molecule has 0 spiro atoms. The van der Waals surface area contributed by atoms with Gasteiger partial charge in [0.2, 0.25) is 11.8 Å². The molecule has 0 aliphatic heterocycles. The molecule has 0 aromatic heterocycles. The summed E-state index contributed by atoms with van der Waals surface area (Å²) in [5, 5.41) is 2.95. The highest BCUT2D eigenvalue weighted by atomic mass is 79.9. The molecule has 0 bridgehead atoms. The third-order valence-corrected chi connectivity index (χ3v) is 8.86. The number of carbonyl (C=O) groups excluding carboxylic acids is 2. The van der Waals surface area contributed by atoms with E-state index in [1.165, 1.54) is 17.0 Å². The maximum atomic E-state index is 14.1. The van der Waals surface area contributed by atoms with Gasteiger partial charge in [-0.05, 0) is 67.3 Å². The Morgan fingerprint density at radius 2 is 1.56 bits per heavy atom. The summed E-state index contributed by atoms with van der Waals surface area (Å²) in [4.78, 5) is 28.9. The summed E-state index contributed by atoms with van der Waals surface area (Å²) in [6.45, 7) is 6.10. The number of hydrogen-bond donors (Lipinski definition) is 1. The zero-order valence-corrected chi connectivity index (χ0v) is 25.0. The molecular formula is C30H36BrN3O4S. The molecule has 0 unspecified atom stereocenters.